The second-order valence-electron chi connectivity index (χ2n) is 3.23. The van der Waals surface area contributed by atoms with E-state index in [0.717, 1.165) is 0 Å². The summed E-state index contributed by atoms with van der Waals surface area (Å²) in [6, 6.07) is 10.7. The minimum atomic E-state index is 0.295. The first kappa shape index (κ1) is 11.7. The van der Waals surface area contributed by atoms with Gasteiger partial charge < -0.3 is 5.32 Å². The molecule has 3 nitrogen and oxygen atoms in total. The Hall–Kier alpha value is -1.76. The number of aromatic nitrogens is 1. The Morgan fingerprint density at radius 1 is 1.12 bits per heavy atom. The number of benzene rings is 1. The van der Waals surface area contributed by atoms with Crippen LogP contribution in [0.3, 0.4) is 0 Å². The van der Waals surface area contributed by atoms with Crippen LogP contribution in [0.2, 0.25) is 10.0 Å². The van der Waals surface area contributed by atoms with E-state index in [1.165, 1.54) is 0 Å². The fourth-order valence-corrected chi connectivity index (χ4v) is 1.84. The molecule has 0 bridgehead atoms. The molecule has 5 heteroatoms. The normalized spacial score (nSPS) is 9.71. The van der Waals surface area contributed by atoms with Gasteiger partial charge in [-0.2, -0.15) is 5.26 Å². The Bertz CT molecular complexity index is 570. The van der Waals surface area contributed by atoms with Gasteiger partial charge in [-0.05, 0) is 24.3 Å². The highest BCUT2D eigenvalue weighted by molar-refractivity contribution is 6.39. The molecule has 1 aromatic carbocycles. The third kappa shape index (κ3) is 2.50. The van der Waals surface area contributed by atoms with E-state index in [-0.39, 0.29) is 0 Å². The van der Waals surface area contributed by atoms with Crippen molar-refractivity contribution < 1.29 is 0 Å². The fourth-order valence-electron chi connectivity index (χ4n) is 1.35. The van der Waals surface area contributed by atoms with Crippen LogP contribution < -0.4 is 5.32 Å². The standard InChI is InChI=1S/C12H7Cl2N3/c13-8-3-1-4-9(14)12(8)17-10-5-2-6-16-11(10)7-15/h1-6,17H. The smallest absolute Gasteiger partial charge is 0.163 e. The maximum atomic E-state index is 8.92. The zero-order valence-electron chi connectivity index (χ0n) is 8.61. The Morgan fingerprint density at radius 3 is 2.47 bits per heavy atom. The van der Waals surface area contributed by atoms with Crippen LogP contribution in [0.15, 0.2) is 36.5 Å². The van der Waals surface area contributed by atoms with E-state index < -0.39 is 0 Å². The predicted octanol–water partition coefficient (Wildman–Crippen LogP) is 4.00. The first-order chi connectivity index (χ1) is 8.22. The van der Waals surface area contributed by atoms with Gasteiger partial charge in [0.1, 0.15) is 6.07 Å². The number of pyridine rings is 1. The third-order valence-electron chi connectivity index (χ3n) is 2.14. The zero-order chi connectivity index (χ0) is 12.3. The molecule has 0 aliphatic rings. The van der Waals surface area contributed by atoms with Gasteiger partial charge in [0.25, 0.3) is 0 Å². The van der Waals surface area contributed by atoms with Crippen LogP contribution in [0, 0.1) is 11.3 Å². The summed E-state index contributed by atoms with van der Waals surface area (Å²) in [5.41, 5.74) is 1.44. The molecule has 0 unspecified atom stereocenters. The molecule has 0 saturated carbocycles. The predicted molar refractivity (Wildman–Crippen MR) is 68.7 cm³/mol. The summed E-state index contributed by atoms with van der Waals surface area (Å²) < 4.78 is 0. The summed E-state index contributed by atoms with van der Waals surface area (Å²) >= 11 is 12.0. The van der Waals surface area contributed by atoms with Gasteiger partial charge in [-0.1, -0.05) is 29.3 Å². The Kier molecular flexibility index (Phi) is 3.48. The number of para-hydroxylation sites is 1. The largest absolute Gasteiger partial charge is 0.351 e. The Morgan fingerprint density at radius 2 is 1.82 bits per heavy atom. The van der Waals surface area contributed by atoms with Gasteiger partial charge in [-0.3, -0.25) is 0 Å². The van der Waals surface area contributed by atoms with Crippen molar-refractivity contribution in [3.63, 3.8) is 0 Å². The van der Waals surface area contributed by atoms with E-state index in [1.54, 1.807) is 36.5 Å². The van der Waals surface area contributed by atoms with Gasteiger partial charge in [-0.25, -0.2) is 4.98 Å². The molecular formula is C12H7Cl2N3. The number of rotatable bonds is 2. The zero-order valence-corrected chi connectivity index (χ0v) is 10.1. The van der Waals surface area contributed by atoms with Crippen molar-refractivity contribution in [3.8, 4) is 6.07 Å². The van der Waals surface area contributed by atoms with E-state index in [0.29, 0.717) is 27.1 Å². The van der Waals surface area contributed by atoms with Crippen LogP contribution >= 0.6 is 23.2 Å². The molecule has 0 radical (unpaired) electrons. The lowest BCUT2D eigenvalue weighted by Crippen LogP contribution is -1.96. The SMILES string of the molecule is N#Cc1ncccc1Nc1c(Cl)cccc1Cl. The average molecular weight is 264 g/mol. The van der Waals surface area contributed by atoms with Crippen LogP contribution in [0.1, 0.15) is 5.69 Å². The van der Waals surface area contributed by atoms with E-state index in [2.05, 4.69) is 10.3 Å². The van der Waals surface area contributed by atoms with E-state index in [4.69, 9.17) is 28.5 Å². The van der Waals surface area contributed by atoms with Crippen LogP contribution in [0.5, 0.6) is 0 Å². The highest BCUT2D eigenvalue weighted by Crippen LogP contribution is 2.32. The van der Waals surface area contributed by atoms with Crippen molar-refractivity contribution in [1.29, 1.82) is 5.26 Å². The molecule has 1 aromatic heterocycles. The number of nitrogens with zero attached hydrogens (tertiary/aromatic N) is 2. The number of nitriles is 1. The number of hydrogen-bond acceptors (Lipinski definition) is 3. The minimum Gasteiger partial charge on any atom is -0.351 e. The lowest BCUT2D eigenvalue weighted by Gasteiger charge is -2.10. The second-order valence-corrected chi connectivity index (χ2v) is 4.05. The number of halogens is 2. The van der Waals surface area contributed by atoms with Gasteiger partial charge in [0.15, 0.2) is 5.69 Å². The quantitative estimate of drug-likeness (QED) is 0.891. The highest BCUT2D eigenvalue weighted by Gasteiger charge is 2.08. The highest BCUT2D eigenvalue weighted by atomic mass is 35.5. The van der Waals surface area contributed by atoms with Crippen molar-refractivity contribution in [2.75, 3.05) is 5.32 Å². The topological polar surface area (TPSA) is 48.7 Å². The third-order valence-corrected chi connectivity index (χ3v) is 2.77. The van der Waals surface area contributed by atoms with E-state index >= 15 is 0 Å². The van der Waals surface area contributed by atoms with Crippen molar-refractivity contribution in [2.24, 2.45) is 0 Å². The molecular weight excluding hydrogens is 257 g/mol. The molecule has 1 heterocycles. The van der Waals surface area contributed by atoms with Crippen LogP contribution in [-0.4, -0.2) is 4.98 Å². The fraction of sp³-hybridized carbons (Fsp3) is 0. The first-order valence-electron chi connectivity index (χ1n) is 4.78. The Labute approximate surface area is 109 Å². The van der Waals surface area contributed by atoms with Gasteiger partial charge in [-0.15, -0.1) is 0 Å². The minimum absolute atomic E-state index is 0.295. The summed E-state index contributed by atoms with van der Waals surface area (Å²) in [5.74, 6) is 0. The maximum Gasteiger partial charge on any atom is 0.163 e. The molecule has 2 rings (SSSR count). The van der Waals surface area contributed by atoms with Crippen LogP contribution in [0.25, 0.3) is 0 Å². The average Bonchev–Trinajstić information content (AvgIpc) is 2.34. The molecule has 0 aliphatic heterocycles. The molecule has 0 atom stereocenters. The van der Waals surface area contributed by atoms with Crippen LogP contribution in [-0.2, 0) is 0 Å². The van der Waals surface area contributed by atoms with Crippen molar-refractivity contribution >= 4 is 34.6 Å². The molecule has 0 saturated heterocycles. The van der Waals surface area contributed by atoms with E-state index in [9.17, 15) is 0 Å². The second kappa shape index (κ2) is 5.05. The molecule has 0 amide bonds. The van der Waals surface area contributed by atoms with Crippen LogP contribution in [0.4, 0.5) is 11.4 Å². The number of hydrogen-bond donors (Lipinski definition) is 1. The lowest BCUT2D eigenvalue weighted by molar-refractivity contribution is 1.26. The first-order valence-corrected chi connectivity index (χ1v) is 5.54. The van der Waals surface area contributed by atoms with Gasteiger partial charge >= 0.3 is 0 Å². The number of anilines is 2. The molecule has 0 aliphatic carbocycles. The maximum absolute atomic E-state index is 8.92. The van der Waals surface area contributed by atoms with Crippen molar-refractivity contribution in [1.82, 2.24) is 4.98 Å². The summed E-state index contributed by atoms with van der Waals surface area (Å²) in [4.78, 5) is 3.94. The molecule has 2 aromatic rings. The van der Waals surface area contributed by atoms with Gasteiger partial charge in [0, 0.05) is 6.20 Å². The summed E-state index contributed by atoms with van der Waals surface area (Å²) in [7, 11) is 0. The summed E-state index contributed by atoms with van der Waals surface area (Å²) in [6.07, 6.45) is 1.55. The molecule has 1 N–H and O–H groups in total. The van der Waals surface area contributed by atoms with Gasteiger partial charge in [0.05, 0.1) is 21.4 Å². The lowest BCUT2D eigenvalue weighted by atomic mass is 10.2. The van der Waals surface area contributed by atoms with Gasteiger partial charge in [0.2, 0.25) is 0 Å². The van der Waals surface area contributed by atoms with Crippen molar-refractivity contribution in [2.45, 2.75) is 0 Å². The molecule has 0 fully saturated rings. The summed E-state index contributed by atoms with van der Waals surface area (Å²) in [5, 5.41) is 12.9. The monoisotopic (exact) mass is 263 g/mol. The molecule has 84 valence electrons. The van der Waals surface area contributed by atoms with E-state index in [1.807, 2.05) is 6.07 Å². The number of nitrogens with one attached hydrogen (secondary N) is 1. The molecule has 0 spiro atoms. The summed E-state index contributed by atoms with van der Waals surface area (Å²) in [6.45, 7) is 0. The van der Waals surface area contributed by atoms with Crippen molar-refractivity contribution in [3.05, 3.63) is 52.3 Å². The Balaban J connectivity index is 2.42. The molecule has 17 heavy (non-hydrogen) atoms.